The maximum absolute atomic E-state index is 13.5. The van der Waals surface area contributed by atoms with Crippen LogP contribution < -0.4 is 0 Å². The summed E-state index contributed by atoms with van der Waals surface area (Å²) in [5, 5.41) is 45.9. The number of carbonyl (C=O) groups excluding carboxylic acids is 5. The molecule has 0 radical (unpaired) electrons. The Morgan fingerprint density at radius 1 is 0.968 bits per heavy atom. The van der Waals surface area contributed by atoms with Gasteiger partial charge in [-0.25, -0.2) is 14.4 Å². The van der Waals surface area contributed by atoms with Crippen LogP contribution in [0.4, 0.5) is 0 Å². The highest BCUT2D eigenvalue weighted by atomic mass is 16.8. The predicted molar refractivity (Wildman–Crippen MR) is 221 cm³/mol. The maximum Gasteiger partial charge on any atom is 0.339 e. The van der Waals surface area contributed by atoms with Gasteiger partial charge >= 0.3 is 29.8 Å². The van der Waals surface area contributed by atoms with Crippen molar-refractivity contribution in [1.82, 2.24) is 0 Å². The van der Waals surface area contributed by atoms with Crippen molar-refractivity contribution in [2.24, 2.45) is 16.7 Å². The van der Waals surface area contributed by atoms with E-state index in [1.165, 1.54) is 45.3 Å². The number of ether oxygens (including phenoxy) is 8. The monoisotopic (exact) mass is 888 g/mol. The lowest BCUT2D eigenvalue weighted by atomic mass is 9.70. The Kier molecular flexibility index (Phi) is 15.9. The molecule has 63 heavy (non-hydrogen) atoms. The number of unbranched alkanes of at least 4 members (excludes halogenated alkanes) is 1. The van der Waals surface area contributed by atoms with Gasteiger partial charge < -0.3 is 58.3 Å². The highest BCUT2D eigenvalue weighted by Crippen LogP contribution is 2.53. The Hall–Kier alpha value is -4.39. The highest BCUT2D eigenvalue weighted by molar-refractivity contribution is 5.83. The zero-order valence-electron chi connectivity index (χ0n) is 37.4. The fourth-order valence-electron chi connectivity index (χ4n) is 8.82. The first-order valence-corrected chi connectivity index (χ1v) is 21.6. The van der Waals surface area contributed by atoms with E-state index in [-0.39, 0.29) is 44.3 Å². The summed E-state index contributed by atoms with van der Waals surface area (Å²) < 4.78 is 47.9. The summed E-state index contributed by atoms with van der Waals surface area (Å²) in [5.74, 6) is -9.42. The van der Waals surface area contributed by atoms with Gasteiger partial charge in [-0.3, -0.25) is 9.59 Å². The summed E-state index contributed by atoms with van der Waals surface area (Å²) >= 11 is 0. The number of hydrogen-bond donors (Lipinski definition) is 4. The molecule has 0 aliphatic carbocycles. The summed E-state index contributed by atoms with van der Waals surface area (Å²) in [6, 6.07) is 0. The van der Waals surface area contributed by atoms with Gasteiger partial charge in [0.15, 0.2) is 18.0 Å². The van der Waals surface area contributed by atoms with E-state index in [0.717, 1.165) is 12.8 Å². The molecular weight excluding hydrogens is 824 g/mol. The van der Waals surface area contributed by atoms with Crippen LogP contribution in [-0.2, 0) is 61.9 Å². The minimum Gasteiger partial charge on any atom is -0.466 e. The molecule has 5 rings (SSSR count). The first-order valence-electron chi connectivity index (χ1n) is 21.6. The van der Waals surface area contributed by atoms with Crippen LogP contribution in [0.5, 0.6) is 0 Å². The zero-order chi connectivity index (χ0) is 46.5. The minimum atomic E-state index is -2.17. The van der Waals surface area contributed by atoms with Crippen LogP contribution in [0.25, 0.3) is 0 Å². The van der Waals surface area contributed by atoms with E-state index in [0.29, 0.717) is 5.57 Å². The smallest absolute Gasteiger partial charge is 0.339 e. The van der Waals surface area contributed by atoms with Crippen molar-refractivity contribution in [3.05, 3.63) is 59.9 Å². The molecule has 0 aromatic rings. The number of esters is 5. The molecule has 4 N–H and O–H groups in total. The van der Waals surface area contributed by atoms with Crippen LogP contribution in [0.15, 0.2) is 59.9 Å². The molecule has 5 heterocycles. The Bertz CT molecular complexity index is 1860. The van der Waals surface area contributed by atoms with Gasteiger partial charge in [-0.1, -0.05) is 63.1 Å². The van der Waals surface area contributed by atoms with Crippen molar-refractivity contribution >= 4 is 29.8 Å². The van der Waals surface area contributed by atoms with Gasteiger partial charge in [0.2, 0.25) is 0 Å². The Balaban J connectivity index is 1.63. The van der Waals surface area contributed by atoms with Crippen molar-refractivity contribution in [3.8, 4) is 0 Å². The number of fused-ring (bicyclic) bond motifs is 6. The molecule has 5 aliphatic heterocycles. The van der Waals surface area contributed by atoms with Crippen molar-refractivity contribution in [2.45, 2.75) is 173 Å². The largest absolute Gasteiger partial charge is 0.466 e. The molecule has 350 valence electrons. The van der Waals surface area contributed by atoms with E-state index >= 15 is 0 Å². The summed E-state index contributed by atoms with van der Waals surface area (Å²) in [5.41, 5.74) is -2.08. The van der Waals surface area contributed by atoms with Crippen LogP contribution in [-0.4, -0.2) is 124 Å². The number of rotatable bonds is 8. The first kappa shape index (κ1) is 49.6. The van der Waals surface area contributed by atoms with Crippen LogP contribution in [0, 0.1) is 16.7 Å². The van der Waals surface area contributed by atoms with E-state index in [1.54, 1.807) is 45.9 Å². The first-order chi connectivity index (χ1) is 29.5. The molecule has 0 aromatic carbocycles. The van der Waals surface area contributed by atoms with Crippen LogP contribution in [0.2, 0.25) is 0 Å². The highest BCUT2D eigenvalue weighted by Gasteiger charge is 2.67. The van der Waals surface area contributed by atoms with Gasteiger partial charge in [0.25, 0.3) is 5.79 Å². The second kappa shape index (κ2) is 20.2. The van der Waals surface area contributed by atoms with E-state index < -0.39 is 120 Å². The average Bonchev–Trinajstić information content (AvgIpc) is 3.18. The Morgan fingerprint density at radius 2 is 1.70 bits per heavy atom. The molecule has 0 saturated carbocycles. The van der Waals surface area contributed by atoms with E-state index in [4.69, 9.17) is 37.9 Å². The van der Waals surface area contributed by atoms with Gasteiger partial charge in [-0.15, -0.1) is 0 Å². The normalized spacial score (nSPS) is 37.4. The number of cyclic esters (lactones) is 1. The SMILES string of the molecule is CCC/C=C/C=C/C(=O)OC1C2C=C3C[C@H]([C@@H](C)O)OC(=O)C[C@H](O)C[C@@H]4C[C@H](OC(C)=O)C(C)(C)[C@](O)(CC5C/C(=C\C(=O)OC)CC(/C=C/C(C)(C)C1(OC(=O)C2O)O3)O5)O4. The standard InChI is InChI=1S/C46H64O17/c1-9-10-11-12-13-14-37(50)60-41-34-22-32-23-35(26(2)47)59-39(52)21-29(49)20-31-24-36(57-27(3)48)44(6,7)45(55,61-31)25-33-18-28(19-38(51)56-8)17-30(58-33)15-16-43(4,5)46(41,62-32)63-42(54)40(34)53/h11-16,19,22,26,29-31,33-36,40-41,47,49,53,55H,9-10,17-18,20-21,23-25H2,1-8H3/b12-11+,14-13+,16-15+,28-19-/t26-,29-,30?,31-,33?,34?,35-,36+,40?,41?,45+,46?/m1/s1. The fourth-order valence-corrected chi connectivity index (χ4v) is 8.82. The third-order valence-electron chi connectivity index (χ3n) is 12.5. The second-order valence-electron chi connectivity index (χ2n) is 18.2. The quantitative estimate of drug-likeness (QED) is 0.0890. The molecule has 0 aromatic heterocycles. The number of aliphatic hydroxyl groups excluding tert-OH is 3. The number of carbonyl (C=O) groups is 5. The molecular formula is C46H64O17. The van der Waals surface area contributed by atoms with E-state index in [1.807, 2.05) is 13.0 Å². The number of hydrogen-bond acceptors (Lipinski definition) is 17. The van der Waals surface area contributed by atoms with Gasteiger partial charge in [0.05, 0.1) is 60.8 Å². The Labute approximate surface area is 368 Å². The average molecular weight is 889 g/mol. The summed E-state index contributed by atoms with van der Waals surface area (Å²) in [6.07, 6.45) is 2.49. The van der Waals surface area contributed by atoms with Crippen molar-refractivity contribution < 1.29 is 82.3 Å². The molecule has 3 saturated heterocycles. The van der Waals surface area contributed by atoms with Crippen molar-refractivity contribution in [2.75, 3.05) is 7.11 Å². The topological polar surface area (TPSA) is 240 Å². The van der Waals surface area contributed by atoms with Crippen LogP contribution in [0.1, 0.15) is 106 Å². The Morgan fingerprint density at radius 3 is 2.37 bits per heavy atom. The molecule has 0 amide bonds. The lowest BCUT2D eigenvalue weighted by Crippen LogP contribution is -2.69. The minimum absolute atomic E-state index is 0.0401. The summed E-state index contributed by atoms with van der Waals surface area (Å²) in [7, 11) is 1.24. The fraction of sp³-hybridized carbons (Fsp3) is 0.674. The lowest BCUT2D eigenvalue weighted by Gasteiger charge is -2.55. The number of aliphatic hydroxyl groups is 4. The predicted octanol–water partition coefficient (Wildman–Crippen LogP) is 3.85. The molecule has 6 unspecified atom stereocenters. The van der Waals surface area contributed by atoms with Gasteiger partial charge in [-0.05, 0) is 46.1 Å². The maximum atomic E-state index is 13.5. The zero-order valence-corrected chi connectivity index (χ0v) is 37.4. The van der Waals surface area contributed by atoms with Gasteiger partial charge in [0, 0.05) is 44.8 Å². The van der Waals surface area contributed by atoms with Crippen LogP contribution in [0.3, 0.4) is 0 Å². The van der Waals surface area contributed by atoms with E-state index in [9.17, 15) is 44.4 Å². The summed E-state index contributed by atoms with van der Waals surface area (Å²) in [6.45, 7) is 11.3. The molecule has 5 aliphatic rings. The van der Waals surface area contributed by atoms with Gasteiger partial charge in [-0.2, -0.15) is 0 Å². The number of methoxy groups -OCH3 is 1. The third-order valence-corrected chi connectivity index (χ3v) is 12.5. The molecule has 7 bridgehead atoms. The van der Waals surface area contributed by atoms with Crippen LogP contribution >= 0.6 is 0 Å². The lowest BCUT2D eigenvalue weighted by molar-refractivity contribution is -0.348. The third kappa shape index (κ3) is 11.5. The molecule has 3 fully saturated rings. The summed E-state index contributed by atoms with van der Waals surface area (Å²) in [4.78, 5) is 65.2. The van der Waals surface area contributed by atoms with Crippen molar-refractivity contribution in [1.29, 1.82) is 0 Å². The molecule has 1 spiro atoms. The van der Waals surface area contributed by atoms with Crippen molar-refractivity contribution in [3.63, 3.8) is 0 Å². The number of allylic oxidation sites excluding steroid dienone is 3. The molecule has 17 heteroatoms. The van der Waals surface area contributed by atoms with E-state index in [2.05, 4.69) is 0 Å². The molecule has 12 atom stereocenters. The molecule has 17 nitrogen and oxygen atoms in total. The second-order valence-corrected chi connectivity index (χ2v) is 18.2. The van der Waals surface area contributed by atoms with Gasteiger partial charge in [0.1, 0.15) is 18.0 Å².